The molecular weight excluding hydrogens is 252 g/mol. The van der Waals surface area contributed by atoms with E-state index >= 15 is 0 Å². The van der Waals surface area contributed by atoms with Crippen LogP contribution in [-0.4, -0.2) is 11.0 Å². The number of nitrogens with zero attached hydrogens (tertiary/aromatic N) is 1. The maximum Gasteiger partial charge on any atom is 0.0510 e. The Morgan fingerprint density at radius 2 is 2.00 bits per heavy atom. The van der Waals surface area contributed by atoms with Gasteiger partial charge in [0.2, 0.25) is 0 Å². The van der Waals surface area contributed by atoms with Crippen LogP contribution in [0.4, 0.5) is 0 Å². The first-order valence-corrected chi connectivity index (χ1v) is 7.48. The quantitative estimate of drug-likeness (QED) is 0.837. The van der Waals surface area contributed by atoms with E-state index in [1.165, 1.54) is 16.0 Å². The van der Waals surface area contributed by atoms with Gasteiger partial charge in [0.1, 0.15) is 0 Å². The van der Waals surface area contributed by atoms with Gasteiger partial charge in [-0.25, -0.2) is 0 Å². The minimum absolute atomic E-state index is 0.133. The fourth-order valence-corrected chi connectivity index (χ4v) is 3.31. The molecule has 3 heteroatoms. The molecule has 0 saturated heterocycles. The van der Waals surface area contributed by atoms with Crippen molar-refractivity contribution in [2.75, 3.05) is 0 Å². The molecule has 0 radical (unpaired) electrons. The summed E-state index contributed by atoms with van der Waals surface area (Å²) in [7, 11) is 0. The molecule has 0 amide bonds. The maximum atomic E-state index is 6.30. The number of rotatable bonds is 5. The van der Waals surface area contributed by atoms with E-state index in [2.05, 4.69) is 49.2 Å². The molecule has 0 fully saturated rings. The van der Waals surface area contributed by atoms with Crippen molar-refractivity contribution in [1.82, 2.24) is 4.98 Å². The Morgan fingerprint density at radius 3 is 2.63 bits per heavy atom. The van der Waals surface area contributed by atoms with E-state index < -0.39 is 0 Å². The molecule has 1 aromatic heterocycles. The van der Waals surface area contributed by atoms with Crippen molar-refractivity contribution < 1.29 is 0 Å². The highest BCUT2D eigenvalue weighted by atomic mass is 32.2. The third kappa shape index (κ3) is 3.58. The zero-order valence-electron chi connectivity index (χ0n) is 11.4. The van der Waals surface area contributed by atoms with Crippen molar-refractivity contribution in [1.29, 1.82) is 0 Å². The molecule has 2 aromatic rings. The molecule has 0 bridgehead atoms. The van der Waals surface area contributed by atoms with Crippen LogP contribution >= 0.6 is 11.8 Å². The second kappa shape index (κ2) is 6.73. The summed E-state index contributed by atoms with van der Waals surface area (Å²) in [5.74, 6) is 0. The predicted molar refractivity (Wildman–Crippen MR) is 82.3 cm³/mol. The number of benzene rings is 1. The molecule has 19 heavy (non-hydrogen) atoms. The second-order valence-electron chi connectivity index (χ2n) is 4.66. The lowest BCUT2D eigenvalue weighted by Gasteiger charge is -2.23. The molecule has 2 rings (SSSR count). The van der Waals surface area contributed by atoms with Crippen LogP contribution in [0.25, 0.3) is 0 Å². The molecule has 2 N–H and O–H groups in total. The van der Waals surface area contributed by atoms with Crippen molar-refractivity contribution in [3.63, 3.8) is 0 Å². The maximum absolute atomic E-state index is 6.30. The molecule has 2 unspecified atom stereocenters. The van der Waals surface area contributed by atoms with E-state index in [9.17, 15) is 0 Å². The van der Waals surface area contributed by atoms with Crippen molar-refractivity contribution in [2.24, 2.45) is 5.73 Å². The van der Waals surface area contributed by atoms with Gasteiger partial charge in [0.25, 0.3) is 0 Å². The Hall–Kier alpha value is -1.32. The molecular formula is C16H20N2S. The van der Waals surface area contributed by atoms with E-state index in [0.717, 1.165) is 6.42 Å². The molecule has 0 aliphatic rings. The van der Waals surface area contributed by atoms with Gasteiger partial charge >= 0.3 is 0 Å². The van der Waals surface area contributed by atoms with Gasteiger partial charge in [0.15, 0.2) is 0 Å². The van der Waals surface area contributed by atoms with Crippen LogP contribution in [0.15, 0.2) is 53.7 Å². The third-order valence-electron chi connectivity index (χ3n) is 3.22. The average Bonchev–Trinajstić information content (AvgIpc) is 2.46. The highest BCUT2D eigenvalue weighted by Gasteiger charge is 2.20. The SMILES string of the molecule is CCC(N)C(Sc1ccccc1C)c1cccnc1. The Kier molecular flexibility index (Phi) is 5.00. The van der Waals surface area contributed by atoms with E-state index in [0.29, 0.717) is 0 Å². The molecule has 100 valence electrons. The molecule has 0 aliphatic carbocycles. The van der Waals surface area contributed by atoms with Crippen LogP contribution in [0.5, 0.6) is 0 Å². The highest BCUT2D eigenvalue weighted by Crippen LogP contribution is 2.38. The van der Waals surface area contributed by atoms with Crippen molar-refractivity contribution in [3.05, 3.63) is 59.9 Å². The lowest BCUT2D eigenvalue weighted by Crippen LogP contribution is -2.25. The lowest BCUT2D eigenvalue weighted by atomic mass is 10.1. The monoisotopic (exact) mass is 272 g/mol. The van der Waals surface area contributed by atoms with Gasteiger partial charge in [-0.15, -0.1) is 11.8 Å². The third-order valence-corrected chi connectivity index (χ3v) is 4.81. The number of thioether (sulfide) groups is 1. The van der Waals surface area contributed by atoms with Crippen LogP contribution in [0.3, 0.4) is 0 Å². The summed E-state index contributed by atoms with van der Waals surface area (Å²) in [5, 5.41) is 0.250. The largest absolute Gasteiger partial charge is 0.326 e. The summed E-state index contributed by atoms with van der Waals surface area (Å²) in [4.78, 5) is 5.51. The Morgan fingerprint density at radius 1 is 1.21 bits per heavy atom. The predicted octanol–water partition coefficient (Wildman–Crippen LogP) is 3.96. The van der Waals surface area contributed by atoms with Gasteiger partial charge in [-0.3, -0.25) is 4.98 Å². The standard InChI is InChI=1S/C16H20N2S/c1-3-14(17)16(13-8-6-10-18-11-13)19-15-9-5-4-7-12(15)2/h4-11,14,16H,3,17H2,1-2H3. The second-order valence-corrected chi connectivity index (χ2v) is 5.85. The summed E-state index contributed by atoms with van der Waals surface area (Å²) in [6.07, 6.45) is 4.68. The zero-order chi connectivity index (χ0) is 13.7. The van der Waals surface area contributed by atoms with E-state index in [1.807, 2.05) is 24.0 Å². The first-order valence-electron chi connectivity index (χ1n) is 6.60. The van der Waals surface area contributed by atoms with Gasteiger partial charge in [0, 0.05) is 23.3 Å². The van der Waals surface area contributed by atoms with Crippen LogP contribution in [0.2, 0.25) is 0 Å². The van der Waals surface area contributed by atoms with E-state index in [4.69, 9.17) is 5.73 Å². The lowest BCUT2D eigenvalue weighted by molar-refractivity contribution is 0.633. The molecule has 0 aliphatic heterocycles. The highest BCUT2D eigenvalue weighted by molar-refractivity contribution is 7.99. The minimum Gasteiger partial charge on any atom is -0.326 e. The number of hydrogen-bond donors (Lipinski definition) is 1. The van der Waals surface area contributed by atoms with E-state index in [-0.39, 0.29) is 11.3 Å². The van der Waals surface area contributed by atoms with Crippen LogP contribution < -0.4 is 5.73 Å². The van der Waals surface area contributed by atoms with Crippen LogP contribution in [0.1, 0.15) is 29.7 Å². The van der Waals surface area contributed by atoms with Gasteiger partial charge in [-0.1, -0.05) is 31.2 Å². The van der Waals surface area contributed by atoms with Gasteiger partial charge in [-0.2, -0.15) is 0 Å². The summed E-state index contributed by atoms with van der Waals surface area (Å²) in [6, 6.07) is 12.7. The van der Waals surface area contributed by atoms with Gasteiger partial charge in [0.05, 0.1) is 5.25 Å². The number of hydrogen-bond acceptors (Lipinski definition) is 3. The molecule has 1 aromatic carbocycles. The Bertz CT molecular complexity index is 513. The number of aryl methyl sites for hydroxylation is 1. The molecule has 2 nitrogen and oxygen atoms in total. The molecule has 1 heterocycles. The first-order chi connectivity index (χ1) is 9.22. The normalized spacial score (nSPS) is 14.1. The Labute approximate surface area is 119 Å². The molecule has 0 spiro atoms. The van der Waals surface area contributed by atoms with Crippen LogP contribution in [0, 0.1) is 6.92 Å². The topological polar surface area (TPSA) is 38.9 Å². The van der Waals surface area contributed by atoms with Gasteiger partial charge in [-0.05, 0) is 36.6 Å². The summed E-state index contributed by atoms with van der Waals surface area (Å²) in [5.41, 5.74) is 8.79. The van der Waals surface area contributed by atoms with Gasteiger partial charge < -0.3 is 5.73 Å². The fraction of sp³-hybridized carbons (Fsp3) is 0.312. The zero-order valence-corrected chi connectivity index (χ0v) is 12.2. The summed E-state index contributed by atoms with van der Waals surface area (Å²) >= 11 is 1.84. The molecule has 0 saturated carbocycles. The molecule has 2 atom stereocenters. The van der Waals surface area contributed by atoms with Crippen LogP contribution in [-0.2, 0) is 0 Å². The van der Waals surface area contributed by atoms with E-state index in [1.54, 1.807) is 6.20 Å². The Balaban J connectivity index is 2.27. The number of aromatic nitrogens is 1. The number of nitrogens with two attached hydrogens (primary N) is 1. The summed E-state index contributed by atoms with van der Waals surface area (Å²) in [6.45, 7) is 4.27. The fourth-order valence-electron chi connectivity index (χ4n) is 1.99. The minimum atomic E-state index is 0.133. The average molecular weight is 272 g/mol. The van der Waals surface area contributed by atoms with Crippen molar-refractivity contribution >= 4 is 11.8 Å². The summed E-state index contributed by atoms with van der Waals surface area (Å²) < 4.78 is 0. The first kappa shape index (κ1) is 14.1. The van der Waals surface area contributed by atoms with Crippen molar-refractivity contribution in [2.45, 2.75) is 36.5 Å². The van der Waals surface area contributed by atoms with Crippen molar-refractivity contribution in [3.8, 4) is 0 Å². The smallest absolute Gasteiger partial charge is 0.0510 e. The number of pyridine rings is 1.